The molecule has 2 unspecified atom stereocenters. The summed E-state index contributed by atoms with van der Waals surface area (Å²) in [6.45, 7) is 2.08. The monoisotopic (exact) mass is 248 g/mol. The highest BCUT2D eigenvalue weighted by Gasteiger charge is 2.22. The molecule has 1 aliphatic carbocycles. The van der Waals surface area contributed by atoms with E-state index in [1.165, 1.54) is 5.56 Å². The number of amides is 1. The van der Waals surface area contributed by atoms with E-state index in [0.29, 0.717) is 0 Å². The summed E-state index contributed by atoms with van der Waals surface area (Å²) in [6, 6.07) is 8.11. The number of carbonyl (C=O) groups excluding carboxylic acids is 1. The minimum Gasteiger partial charge on any atom is -0.484 e. The third kappa shape index (κ3) is 3.74. The van der Waals surface area contributed by atoms with Crippen molar-refractivity contribution in [1.82, 2.24) is 5.32 Å². The van der Waals surface area contributed by atoms with Crippen LogP contribution in [0.3, 0.4) is 0 Å². The Labute approximate surface area is 108 Å². The fourth-order valence-electron chi connectivity index (χ4n) is 2.20. The van der Waals surface area contributed by atoms with E-state index in [4.69, 9.17) is 10.5 Å². The molecule has 2 atom stereocenters. The first-order valence-electron chi connectivity index (χ1n) is 6.38. The molecule has 1 fully saturated rings. The minimum absolute atomic E-state index is 0.0643. The van der Waals surface area contributed by atoms with Gasteiger partial charge in [0.2, 0.25) is 0 Å². The van der Waals surface area contributed by atoms with Crippen molar-refractivity contribution >= 4 is 5.91 Å². The van der Waals surface area contributed by atoms with Crippen molar-refractivity contribution in [2.24, 2.45) is 5.73 Å². The molecule has 1 aromatic carbocycles. The van der Waals surface area contributed by atoms with Crippen molar-refractivity contribution in [3.63, 3.8) is 0 Å². The average Bonchev–Trinajstić information content (AvgIpc) is 2.74. The van der Waals surface area contributed by atoms with Crippen molar-refractivity contribution in [2.75, 3.05) is 6.61 Å². The molecule has 0 aliphatic heterocycles. The number of carbonyl (C=O) groups is 1. The first-order valence-corrected chi connectivity index (χ1v) is 6.38. The summed E-state index contributed by atoms with van der Waals surface area (Å²) in [5.74, 6) is 0.647. The lowest BCUT2D eigenvalue weighted by Crippen LogP contribution is -2.37. The van der Waals surface area contributed by atoms with Gasteiger partial charge in [0, 0.05) is 12.1 Å². The van der Waals surface area contributed by atoms with Crippen LogP contribution in [-0.4, -0.2) is 24.6 Å². The second kappa shape index (κ2) is 5.87. The summed E-state index contributed by atoms with van der Waals surface area (Å²) in [5, 5.41) is 2.95. The summed E-state index contributed by atoms with van der Waals surface area (Å²) in [7, 11) is 0. The summed E-state index contributed by atoms with van der Waals surface area (Å²) >= 11 is 0. The SMILES string of the molecule is Cc1ccc(OCC(=O)NC2CCC(N)C2)cc1. The second-order valence-electron chi connectivity index (χ2n) is 4.94. The molecule has 0 aromatic heterocycles. The maximum absolute atomic E-state index is 11.7. The van der Waals surface area contributed by atoms with Gasteiger partial charge in [-0.1, -0.05) is 17.7 Å². The number of hydrogen-bond acceptors (Lipinski definition) is 3. The molecule has 0 bridgehead atoms. The van der Waals surface area contributed by atoms with Crippen molar-refractivity contribution in [2.45, 2.75) is 38.3 Å². The summed E-state index contributed by atoms with van der Waals surface area (Å²) in [6.07, 6.45) is 2.83. The number of hydrogen-bond donors (Lipinski definition) is 2. The van der Waals surface area contributed by atoms with Crippen LogP contribution in [0.1, 0.15) is 24.8 Å². The van der Waals surface area contributed by atoms with Crippen LogP contribution < -0.4 is 15.8 Å². The van der Waals surface area contributed by atoms with Crippen LogP contribution in [0.2, 0.25) is 0 Å². The molecular weight excluding hydrogens is 228 g/mol. The molecule has 1 amide bonds. The summed E-state index contributed by atoms with van der Waals surface area (Å²) < 4.78 is 5.42. The number of rotatable bonds is 4. The van der Waals surface area contributed by atoms with Crippen LogP contribution >= 0.6 is 0 Å². The van der Waals surface area contributed by atoms with E-state index in [1.807, 2.05) is 31.2 Å². The zero-order chi connectivity index (χ0) is 13.0. The minimum atomic E-state index is -0.0744. The van der Waals surface area contributed by atoms with E-state index in [2.05, 4.69) is 5.32 Å². The number of benzene rings is 1. The molecule has 2 rings (SSSR count). The largest absolute Gasteiger partial charge is 0.484 e. The smallest absolute Gasteiger partial charge is 0.258 e. The van der Waals surface area contributed by atoms with Crippen LogP contribution in [0.4, 0.5) is 0 Å². The molecule has 0 spiro atoms. The second-order valence-corrected chi connectivity index (χ2v) is 4.94. The Kier molecular flexibility index (Phi) is 4.20. The Bertz CT molecular complexity index is 403. The van der Waals surface area contributed by atoms with E-state index < -0.39 is 0 Å². The van der Waals surface area contributed by atoms with Gasteiger partial charge in [-0.2, -0.15) is 0 Å². The number of ether oxygens (including phenoxy) is 1. The third-order valence-corrected chi connectivity index (χ3v) is 3.23. The molecule has 1 aliphatic rings. The van der Waals surface area contributed by atoms with Crippen LogP contribution in [0.15, 0.2) is 24.3 Å². The first kappa shape index (κ1) is 12.9. The molecule has 4 nitrogen and oxygen atoms in total. The van der Waals surface area contributed by atoms with E-state index in [1.54, 1.807) is 0 Å². The van der Waals surface area contributed by atoms with Crippen LogP contribution in [0, 0.1) is 6.92 Å². The highest BCUT2D eigenvalue weighted by Crippen LogP contribution is 2.17. The van der Waals surface area contributed by atoms with Crippen LogP contribution in [0.5, 0.6) is 5.75 Å². The molecule has 3 N–H and O–H groups in total. The van der Waals surface area contributed by atoms with Gasteiger partial charge in [-0.3, -0.25) is 4.79 Å². The molecule has 4 heteroatoms. The van der Waals surface area contributed by atoms with Gasteiger partial charge in [-0.05, 0) is 38.3 Å². The normalized spacial score (nSPS) is 22.8. The fraction of sp³-hybridized carbons (Fsp3) is 0.500. The van der Waals surface area contributed by atoms with E-state index in [-0.39, 0.29) is 24.6 Å². The Hall–Kier alpha value is -1.55. The molecule has 0 saturated heterocycles. The summed E-state index contributed by atoms with van der Waals surface area (Å²) in [5.41, 5.74) is 6.97. The number of nitrogens with two attached hydrogens (primary N) is 1. The van der Waals surface area contributed by atoms with Gasteiger partial charge in [0.05, 0.1) is 0 Å². The highest BCUT2D eigenvalue weighted by atomic mass is 16.5. The Morgan fingerprint density at radius 1 is 1.39 bits per heavy atom. The lowest BCUT2D eigenvalue weighted by molar-refractivity contribution is -0.123. The molecule has 18 heavy (non-hydrogen) atoms. The van der Waals surface area contributed by atoms with Gasteiger partial charge < -0.3 is 15.8 Å². The van der Waals surface area contributed by atoms with Gasteiger partial charge in [0.25, 0.3) is 5.91 Å². The average molecular weight is 248 g/mol. The maximum Gasteiger partial charge on any atom is 0.258 e. The predicted octanol–water partition coefficient (Wildman–Crippen LogP) is 1.37. The van der Waals surface area contributed by atoms with Crippen LogP contribution in [-0.2, 0) is 4.79 Å². The van der Waals surface area contributed by atoms with E-state index in [0.717, 1.165) is 25.0 Å². The lowest BCUT2D eigenvalue weighted by Gasteiger charge is -2.13. The van der Waals surface area contributed by atoms with Gasteiger partial charge in [0.1, 0.15) is 5.75 Å². The maximum atomic E-state index is 11.7. The number of nitrogens with one attached hydrogen (secondary N) is 1. The van der Waals surface area contributed by atoms with E-state index >= 15 is 0 Å². The fourth-order valence-corrected chi connectivity index (χ4v) is 2.20. The van der Waals surface area contributed by atoms with Crippen molar-refractivity contribution in [3.8, 4) is 5.75 Å². The highest BCUT2D eigenvalue weighted by molar-refractivity contribution is 5.77. The van der Waals surface area contributed by atoms with Crippen molar-refractivity contribution in [1.29, 1.82) is 0 Å². The molecule has 0 radical (unpaired) electrons. The molecule has 1 aromatic rings. The van der Waals surface area contributed by atoms with Crippen molar-refractivity contribution < 1.29 is 9.53 Å². The predicted molar refractivity (Wildman–Crippen MR) is 70.4 cm³/mol. The molecule has 0 heterocycles. The quantitative estimate of drug-likeness (QED) is 0.846. The molecule has 1 saturated carbocycles. The Morgan fingerprint density at radius 2 is 2.11 bits per heavy atom. The zero-order valence-corrected chi connectivity index (χ0v) is 10.7. The van der Waals surface area contributed by atoms with Gasteiger partial charge in [-0.15, -0.1) is 0 Å². The standard InChI is InChI=1S/C14H20N2O2/c1-10-2-6-13(7-3-10)18-9-14(17)16-12-5-4-11(15)8-12/h2-3,6-7,11-12H,4-5,8-9,15H2,1H3,(H,16,17). The molecular formula is C14H20N2O2. The van der Waals surface area contributed by atoms with Gasteiger partial charge in [-0.25, -0.2) is 0 Å². The zero-order valence-electron chi connectivity index (χ0n) is 10.7. The van der Waals surface area contributed by atoms with Gasteiger partial charge in [0.15, 0.2) is 6.61 Å². The topological polar surface area (TPSA) is 64.3 Å². The lowest BCUT2D eigenvalue weighted by atomic mass is 10.2. The third-order valence-electron chi connectivity index (χ3n) is 3.23. The summed E-state index contributed by atoms with van der Waals surface area (Å²) in [4.78, 5) is 11.7. The van der Waals surface area contributed by atoms with Gasteiger partial charge >= 0.3 is 0 Å². The Balaban J connectivity index is 1.73. The van der Waals surface area contributed by atoms with Crippen LogP contribution in [0.25, 0.3) is 0 Å². The van der Waals surface area contributed by atoms with Crippen molar-refractivity contribution in [3.05, 3.63) is 29.8 Å². The Morgan fingerprint density at radius 3 is 2.72 bits per heavy atom. The molecule has 98 valence electrons. The first-order chi connectivity index (χ1) is 8.63. The van der Waals surface area contributed by atoms with E-state index in [9.17, 15) is 4.79 Å². The number of aryl methyl sites for hydroxylation is 1.